The summed E-state index contributed by atoms with van der Waals surface area (Å²) in [6, 6.07) is 10.0. The highest BCUT2D eigenvalue weighted by Gasteiger charge is 2.15. The molecule has 20 heavy (non-hydrogen) atoms. The first-order valence-corrected chi connectivity index (χ1v) is 6.32. The fourth-order valence-electron chi connectivity index (χ4n) is 1.91. The lowest BCUT2D eigenvalue weighted by Crippen LogP contribution is -2.00. The standard InChI is InChI=1S/C16H17FO3/c1-10-8-16(12(11(2)18)9-13(10)17)20-15-7-5-4-6-14(15)19-3/h4-9,11,18H,1-3H3/t11-/m0/s1. The van der Waals surface area contributed by atoms with Gasteiger partial charge in [-0.25, -0.2) is 4.39 Å². The highest BCUT2D eigenvalue weighted by molar-refractivity contribution is 5.46. The van der Waals surface area contributed by atoms with Crippen LogP contribution in [0, 0.1) is 12.7 Å². The van der Waals surface area contributed by atoms with Gasteiger partial charge < -0.3 is 14.6 Å². The lowest BCUT2D eigenvalue weighted by Gasteiger charge is -2.16. The summed E-state index contributed by atoms with van der Waals surface area (Å²) in [5.41, 5.74) is 0.860. The molecule has 0 spiro atoms. The van der Waals surface area contributed by atoms with Crippen molar-refractivity contribution in [3.63, 3.8) is 0 Å². The molecule has 0 aliphatic heterocycles. The quantitative estimate of drug-likeness (QED) is 0.917. The van der Waals surface area contributed by atoms with E-state index < -0.39 is 6.10 Å². The molecule has 0 fully saturated rings. The van der Waals surface area contributed by atoms with E-state index in [0.29, 0.717) is 28.4 Å². The average molecular weight is 276 g/mol. The van der Waals surface area contributed by atoms with Crippen LogP contribution in [0.4, 0.5) is 4.39 Å². The summed E-state index contributed by atoms with van der Waals surface area (Å²) in [5, 5.41) is 9.75. The first-order chi connectivity index (χ1) is 9.52. The molecule has 0 heterocycles. The van der Waals surface area contributed by atoms with Gasteiger partial charge in [0.1, 0.15) is 11.6 Å². The maximum atomic E-state index is 13.6. The summed E-state index contributed by atoms with van der Waals surface area (Å²) in [4.78, 5) is 0. The molecule has 1 atom stereocenters. The molecule has 0 aliphatic carbocycles. The molecule has 0 aliphatic rings. The van der Waals surface area contributed by atoms with Crippen molar-refractivity contribution in [2.75, 3.05) is 7.11 Å². The topological polar surface area (TPSA) is 38.7 Å². The second-order valence-corrected chi connectivity index (χ2v) is 4.57. The maximum absolute atomic E-state index is 13.6. The molecular weight excluding hydrogens is 259 g/mol. The van der Waals surface area contributed by atoms with Crippen LogP contribution in [0.2, 0.25) is 0 Å². The van der Waals surface area contributed by atoms with Crippen molar-refractivity contribution < 1.29 is 19.0 Å². The van der Waals surface area contributed by atoms with Gasteiger partial charge in [-0.1, -0.05) is 12.1 Å². The molecule has 0 bridgehead atoms. The SMILES string of the molecule is COc1ccccc1Oc1cc(C)c(F)cc1[C@H](C)O. The van der Waals surface area contributed by atoms with E-state index in [9.17, 15) is 9.50 Å². The summed E-state index contributed by atoms with van der Waals surface area (Å²) in [6.45, 7) is 3.22. The van der Waals surface area contributed by atoms with Gasteiger partial charge in [-0.3, -0.25) is 0 Å². The Hall–Kier alpha value is -2.07. The number of para-hydroxylation sites is 2. The van der Waals surface area contributed by atoms with Crippen molar-refractivity contribution in [1.29, 1.82) is 0 Å². The van der Waals surface area contributed by atoms with E-state index in [1.165, 1.54) is 6.07 Å². The van der Waals surface area contributed by atoms with Crippen LogP contribution in [0.25, 0.3) is 0 Å². The van der Waals surface area contributed by atoms with Crippen LogP contribution < -0.4 is 9.47 Å². The zero-order chi connectivity index (χ0) is 14.7. The number of aliphatic hydroxyl groups is 1. The highest BCUT2D eigenvalue weighted by Crippen LogP contribution is 2.36. The smallest absolute Gasteiger partial charge is 0.169 e. The fourth-order valence-corrected chi connectivity index (χ4v) is 1.91. The number of hydrogen-bond donors (Lipinski definition) is 1. The Labute approximate surface area is 117 Å². The molecule has 2 rings (SSSR count). The van der Waals surface area contributed by atoms with Crippen LogP contribution in [-0.4, -0.2) is 12.2 Å². The van der Waals surface area contributed by atoms with Crippen LogP contribution >= 0.6 is 0 Å². The Morgan fingerprint density at radius 3 is 2.35 bits per heavy atom. The third-order valence-corrected chi connectivity index (χ3v) is 3.03. The average Bonchev–Trinajstić information content (AvgIpc) is 2.43. The number of ether oxygens (including phenoxy) is 2. The number of aryl methyl sites for hydroxylation is 1. The third-order valence-electron chi connectivity index (χ3n) is 3.03. The summed E-state index contributed by atoms with van der Waals surface area (Å²) >= 11 is 0. The number of methoxy groups -OCH3 is 1. The molecule has 106 valence electrons. The van der Waals surface area contributed by atoms with E-state index in [-0.39, 0.29) is 5.82 Å². The number of halogens is 1. The molecule has 3 nitrogen and oxygen atoms in total. The van der Waals surface area contributed by atoms with Gasteiger partial charge >= 0.3 is 0 Å². The molecule has 0 unspecified atom stereocenters. The highest BCUT2D eigenvalue weighted by atomic mass is 19.1. The predicted octanol–water partition coefficient (Wildman–Crippen LogP) is 3.99. The maximum Gasteiger partial charge on any atom is 0.169 e. The second kappa shape index (κ2) is 5.92. The van der Waals surface area contributed by atoms with E-state index >= 15 is 0 Å². The van der Waals surface area contributed by atoms with Gasteiger partial charge in [0.2, 0.25) is 0 Å². The fraction of sp³-hybridized carbons (Fsp3) is 0.250. The van der Waals surface area contributed by atoms with Crippen molar-refractivity contribution in [3.05, 3.63) is 53.3 Å². The molecule has 0 amide bonds. The Kier molecular flexibility index (Phi) is 4.25. The molecule has 0 saturated carbocycles. The largest absolute Gasteiger partial charge is 0.493 e. The van der Waals surface area contributed by atoms with Crippen LogP contribution in [0.5, 0.6) is 17.2 Å². The number of hydrogen-bond acceptors (Lipinski definition) is 3. The summed E-state index contributed by atoms with van der Waals surface area (Å²) in [5.74, 6) is 1.14. The van der Waals surface area contributed by atoms with Crippen molar-refractivity contribution in [3.8, 4) is 17.2 Å². The number of benzene rings is 2. The summed E-state index contributed by atoms with van der Waals surface area (Å²) < 4.78 is 24.6. The van der Waals surface area contributed by atoms with Crippen LogP contribution in [0.1, 0.15) is 24.2 Å². The molecule has 0 aromatic heterocycles. The van der Waals surface area contributed by atoms with Crippen LogP contribution in [0.3, 0.4) is 0 Å². The normalized spacial score (nSPS) is 12.1. The predicted molar refractivity (Wildman–Crippen MR) is 74.8 cm³/mol. The van der Waals surface area contributed by atoms with Gasteiger partial charge in [0.15, 0.2) is 11.5 Å². The van der Waals surface area contributed by atoms with Gasteiger partial charge in [0.25, 0.3) is 0 Å². The first kappa shape index (κ1) is 14.3. The number of rotatable bonds is 4. The number of aliphatic hydroxyl groups excluding tert-OH is 1. The van der Waals surface area contributed by atoms with Gasteiger partial charge in [-0.2, -0.15) is 0 Å². The third kappa shape index (κ3) is 2.91. The van der Waals surface area contributed by atoms with Crippen LogP contribution in [0.15, 0.2) is 36.4 Å². The lowest BCUT2D eigenvalue weighted by atomic mass is 10.1. The molecule has 0 saturated heterocycles. The van der Waals surface area contributed by atoms with E-state index in [1.807, 2.05) is 12.1 Å². The molecule has 2 aromatic rings. The summed E-state index contributed by atoms with van der Waals surface area (Å²) in [7, 11) is 1.55. The van der Waals surface area contributed by atoms with Gasteiger partial charge in [-0.15, -0.1) is 0 Å². The van der Waals surface area contributed by atoms with Crippen LogP contribution in [-0.2, 0) is 0 Å². The van der Waals surface area contributed by atoms with Crippen molar-refractivity contribution >= 4 is 0 Å². The molecule has 0 radical (unpaired) electrons. The lowest BCUT2D eigenvalue weighted by molar-refractivity contribution is 0.195. The van der Waals surface area contributed by atoms with E-state index in [2.05, 4.69) is 0 Å². The molecule has 1 N–H and O–H groups in total. The monoisotopic (exact) mass is 276 g/mol. The zero-order valence-corrected chi connectivity index (χ0v) is 11.7. The van der Waals surface area contributed by atoms with Crippen molar-refractivity contribution in [2.45, 2.75) is 20.0 Å². The Bertz CT molecular complexity index is 609. The van der Waals surface area contributed by atoms with Gasteiger partial charge in [0.05, 0.1) is 13.2 Å². The van der Waals surface area contributed by atoms with Gasteiger partial charge in [-0.05, 0) is 43.7 Å². The van der Waals surface area contributed by atoms with E-state index in [0.717, 1.165) is 0 Å². The Morgan fingerprint density at radius 1 is 1.10 bits per heavy atom. The minimum Gasteiger partial charge on any atom is -0.493 e. The first-order valence-electron chi connectivity index (χ1n) is 6.32. The van der Waals surface area contributed by atoms with Crippen molar-refractivity contribution in [2.24, 2.45) is 0 Å². The second-order valence-electron chi connectivity index (χ2n) is 4.57. The Balaban J connectivity index is 2.45. The minimum atomic E-state index is -0.824. The molecule has 2 aromatic carbocycles. The van der Waals surface area contributed by atoms with Crippen molar-refractivity contribution in [1.82, 2.24) is 0 Å². The van der Waals surface area contributed by atoms with E-state index in [1.54, 1.807) is 39.2 Å². The minimum absolute atomic E-state index is 0.367. The summed E-state index contributed by atoms with van der Waals surface area (Å²) in [6.07, 6.45) is -0.824. The van der Waals surface area contributed by atoms with E-state index in [4.69, 9.17) is 9.47 Å². The molecular formula is C16H17FO3. The van der Waals surface area contributed by atoms with Gasteiger partial charge in [0, 0.05) is 5.56 Å². The zero-order valence-electron chi connectivity index (χ0n) is 11.7. The Morgan fingerprint density at radius 2 is 1.75 bits per heavy atom. The molecule has 4 heteroatoms.